The molecule has 0 bridgehead atoms. The molecule has 0 unspecified atom stereocenters. The summed E-state index contributed by atoms with van der Waals surface area (Å²) >= 11 is 10.2. The molecule has 0 heterocycles. The van der Waals surface area contributed by atoms with Crippen molar-refractivity contribution in [2.24, 2.45) is 5.73 Å². The normalized spacial score (nSPS) is 9.18. The average Bonchev–Trinajstić information content (AvgIpc) is 2.55. The molecule has 0 aromatic heterocycles. The van der Waals surface area contributed by atoms with Crippen molar-refractivity contribution in [2.75, 3.05) is 7.05 Å². The second-order valence-corrected chi connectivity index (χ2v) is 6.89. The summed E-state index contributed by atoms with van der Waals surface area (Å²) in [6, 6.07) is 16.8. The molecule has 2 rings (SSSR count). The van der Waals surface area contributed by atoms with E-state index < -0.39 is 0 Å². The first-order valence-corrected chi connectivity index (χ1v) is 9.99. The van der Waals surface area contributed by atoms with Crippen molar-refractivity contribution < 1.29 is 0 Å². The minimum Gasteiger partial charge on any atom is -0.333 e. The van der Waals surface area contributed by atoms with Crippen LogP contribution in [0.5, 0.6) is 0 Å². The number of halogens is 3. The molecule has 0 aliphatic heterocycles. The number of nitrogens with two attached hydrogens (primary N) is 1. The molecular weight excluding hydrogens is 470 g/mol. The molecule has 0 saturated heterocycles. The predicted octanol–water partition coefficient (Wildman–Crippen LogP) is 6.71. The van der Waals surface area contributed by atoms with Gasteiger partial charge in [0.2, 0.25) is 0 Å². The molecule has 1 nitrogen and oxygen atoms in total. The molecule has 0 spiro atoms. The number of unbranched alkanes of at least 4 members (excludes halogenated alkanes) is 1. The molecule has 0 radical (unpaired) electrons. The van der Waals surface area contributed by atoms with Crippen molar-refractivity contribution in [2.45, 2.75) is 31.5 Å². The fourth-order valence-corrected chi connectivity index (χ4v) is 2.94. The van der Waals surface area contributed by atoms with Gasteiger partial charge in [0.25, 0.3) is 0 Å². The van der Waals surface area contributed by atoms with E-state index in [1.165, 1.54) is 41.9 Å². The highest BCUT2D eigenvalue weighted by Crippen LogP contribution is 2.14. The van der Waals surface area contributed by atoms with Gasteiger partial charge in [0.05, 0.1) is 0 Å². The summed E-state index contributed by atoms with van der Waals surface area (Å²) in [6.07, 6.45) is 3.76. The zero-order chi connectivity index (χ0) is 16.8. The van der Waals surface area contributed by atoms with Crippen LogP contribution in [0.2, 0.25) is 0 Å². The number of aryl methyl sites for hydroxylation is 1. The number of hydrogen-bond acceptors (Lipinski definition) is 1. The number of hydrogen-bond donors (Lipinski definition) is 1. The summed E-state index contributed by atoms with van der Waals surface area (Å²) in [5.41, 5.74) is 7.23. The number of alkyl halides is 1. The molecule has 0 fully saturated rings. The van der Waals surface area contributed by atoms with Gasteiger partial charge in [-0.05, 0) is 55.3 Å². The van der Waals surface area contributed by atoms with Crippen LogP contribution in [0.25, 0.3) is 0 Å². The molecule has 122 valence electrons. The topological polar surface area (TPSA) is 26.0 Å². The number of benzene rings is 2. The molecule has 2 aromatic carbocycles. The highest BCUT2D eigenvalue weighted by molar-refractivity contribution is 9.10. The maximum absolute atomic E-state index is 4.50. The van der Waals surface area contributed by atoms with Gasteiger partial charge in [-0.25, -0.2) is 0 Å². The Balaban J connectivity index is 0.000000366. The van der Waals surface area contributed by atoms with Gasteiger partial charge in [0.15, 0.2) is 0 Å². The highest BCUT2D eigenvalue weighted by Gasteiger charge is 1.91. The van der Waals surface area contributed by atoms with Crippen LogP contribution >= 0.6 is 47.8 Å². The number of rotatable bonds is 4. The Labute approximate surface area is 160 Å². The van der Waals surface area contributed by atoms with Crippen LogP contribution in [0.4, 0.5) is 0 Å². The lowest BCUT2D eigenvalue weighted by atomic mass is 10.1. The van der Waals surface area contributed by atoms with E-state index in [2.05, 4.69) is 96.8 Å². The molecule has 22 heavy (non-hydrogen) atoms. The lowest BCUT2D eigenvalue weighted by Gasteiger charge is -1.98. The smallest absolute Gasteiger partial charge is 0.0283 e. The Morgan fingerprint density at radius 3 is 1.77 bits per heavy atom. The van der Waals surface area contributed by atoms with Gasteiger partial charge in [-0.1, -0.05) is 85.4 Å². The SMILES string of the molecule is BrCc1cccc(Br)c1.CCCCc1cccc(Br)c1.CN. The Bertz CT molecular complexity index is 515. The Kier molecular flexibility index (Phi) is 14.3. The zero-order valence-electron chi connectivity index (χ0n) is 13.2. The third-order valence-electron chi connectivity index (χ3n) is 2.75. The molecule has 2 aromatic rings. The lowest BCUT2D eigenvalue weighted by Crippen LogP contribution is -1.82. The van der Waals surface area contributed by atoms with Gasteiger partial charge >= 0.3 is 0 Å². The van der Waals surface area contributed by atoms with Crippen LogP contribution in [-0.2, 0) is 11.8 Å². The van der Waals surface area contributed by atoms with E-state index in [4.69, 9.17) is 0 Å². The zero-order valence-corrected chi connectivity index (χ0v) is 17.9. The lowest BCUT2D eigenvalue weighted by molar-refractivity contribution is 0.795. The standard InChI is InChI=1S/C10H13Br.C7H6Br2.CH5N/c1-2-3-5-9-6-4-7-10(11)8-9;8-5-6-2-1-3-7(9)4-6;1-2/h4,6-8H,2-3,5H2,1H3;1-4H,5H2;2H2,1H3. The van der Waals surface area contributed by atoms with Gasteiger partial charge in [-0.3, -0.25) is 0 Å². The summed E-state index contributed by atoms with van der Waals surface area (Å²) in [5, 5.41) is 0.923. The molecule has 0 aliphatic carbocycles. The second-order valence-electron chi connectivity index (χ2n) is 4.50. The van der Waals surface area contributed by atoms with Gasteiger partial charge in [0.1, 0.15) is 0 Å². The van der Waals surface area contributed by atoms with Crippen LogP contribution in [-0.4, -0.2) is 7.05 Å². The van der Waals surface area contributed by atoms with E-state index in [9.17, 15) is 0 Å². The van der Waals surface area contributed by atoms with E-state index in [0.717, 1.165) is 9.80 Å². The van der Waals surface area contributed by atoms with E-state index in [-0.39, 0.29) is 0 Å². The fraction of sp³-hybridized carbons (Fsp3) is 0.333. The predicted molar refractivity (Wildman–Crippen MR) is 110 cm³/mol. The maximum atomic E-state index is 4.50. The first-order chi connectivity index (χ1) is 10.7. The second kappa shape index (κ2) is 14.4. The van der Waals surface area contributed by atoms with Gasteiger partial charge in [0, 0.05) is 14.3 Å². The quantitative estimate of drug-likeness (QED) is 0.470. The van der Waals surface area contributed by atoms with E-state index in [0.29, 0.717) is 0 Å². The Morgan fingerprint density at radius 1 is 0.864 bits per heavy atom. The third-order valence-corrected chi connectivity index (χ3v) is 4.39. The maximum Gasteiger partial charge on any atom is 0.0283 e. The molecular formula is C18H24Br3N. The van der Waals surface area contributed by atoms with Gasteiger partial charge in [-0.15, -0.1) is 0 Å². The van der Waals surface area contributed by atoms with E-state index in [1.54, 1.807) is 0 Å². The molecule has 2 N–H and O–H groups in total. The van der Waals surface area contributed by atoms with Crippen molar-refractivity contribution in [3.05, 3.63) is 68.6 Å². The summed E-state index contributed by atoms with van der Waals surface area (Å²) in [4.78, 5) is 0. The summed E-state index contributed by atoms with van der Waals surface area (Å²) in [5.74, 6) is 0. The monoisotopic (exact) mass is 491 g/mol. The minimum atomic E-state index is 0.923. The first kappa shape index (κ1) is 21.8. The van der Waals surface area contributed by atoms with Crippen LogP contribution < -0.4 is 5.73 Å². The molecule has 0 aliphatic rings. The molecule has 0 amide bonds. The van der Waals surface area contributed by atoms with Crippen molar-refractivity contribution in [3.8, 4) is 0 Å². The first-order valence-electron chi connectivity index (χ1n) is 7.28. The molecule has 0 saturated carbocycles. The van der Waals surface area contributed by atoms with Crippen molar-refractivity contribution >= 4 is 47.8 Å². The van der Waals surface area contributed by atoms with E-state index in [1.807, 2.05) is 12.1 Å². The third kappa shape index (κ3) is 10.5. The fourth-order valence-electron chi connectivity index (χ4n) is 1.69. The van der Waals surface area contributed by atoms with Gasteiger partial charge in [-0.2, -0.15) is 0 Å². The summed E-state index contributed by atoms with van der Waals surface area (Å²) in [7, 11) is 1.50. The van der Waals surface area contributed by atoms with Crippen LogP contribution in [0.15, 0.2) is 57.5 Å². The highest BCUT2D eigenvalue weighted by atomic mass is 79.9. The van der Waals surface area contributed by atoms with Crippen molar-refractivity contribution in [1.29, 1.82) is 0 Å². The van der Waals surface area contributed by atoms with Crippen molar-refractivity contribution in [1.82, 2.24) is 0 Å². The van der Waals surface area contributed by atoms with Crippen LogP contribution in [0, 0.1) is 0 Å². The Hall–Kier alpha value is -0.160. The minimum absolute atomic E-state index is 0.923. The Morgan fingerprint density at radius 2 is 1.36 bits per heavy atom. The van der Waals surface area contributed by atoms with Crippen molar-refractivity contribution in [3.63, 3.8) is 0 Å². The molecule has 4 heteroatoms. The van der Waals surface area contributed by atoms with E-state index >= 15 is 0 Å². The summed E-state index contributed by atoms with van der Waals surface area (Å²) in [6.45, 7) is 2.22. The largest absolute Gasteiger partial charge is 0.333 e. The van der Waals surface area contributed by atoms with Gasteiger partial charge < -0.3 is 5.73 Å². The van der Waals surface area contributed by atoms with Crippen LogP contribution in [0.1, 0.15) is 30.9 Å². The van der Waals surface area contributed by atoms with Crippen LogP contribution in [0.3, 0.4) is 0 Å². The summed E-state index contributed by atoms with van der Waals surface area (Å²) < 4.78 is 2.32. The average molecular weight is 494 g/mol. The molecule has 0 atom stereocenters.